The van der Waals surface area contributed by atoms with Gasteiger partial charge in [0.1, 0.15) is 0 Å². The molecule has 0 aromatic heterocycles. The number of hydrogen-bond acceptors (Lipinski definition) is 4. The summed E-state index contributed by atoms with van der Waals surface area (Å²) in [5, 5.41) is 0.490. The second-order valence-electron chi connectivity index (χ2n) is 6.66. The molecule has 2 aliphatic heterocycles. The largest absolute Gasteiger partial charge is 0.304 e. The van der Waals surface area contributed by atoms with Gasteiger partial charge in [0.2, 0.25) is 0 Å². The van der Waals surface area contributed by atoms with Gasteiger partial charge in [0.15, 0.2) is 0 Å². The number of benzene rings is 1. The minimum absolute atomic E-state index is 0.488. The molecule has 0 amide bonds. The summed E-state index contributed by atoms with van der Waals surface area (Å²) in [5.74, 6) is 0. The van der Waals surface area contributed by atoms with Crippen LogP contribution in [-0.4, -0.2) is 60.6 Å². The Bertz CT molecular complexity index is 699. The third kappa shape index (κ3) is 3.25. The molecule has 0 N–H and O–H groups in total. The maximum atomic E-state index is 2.68. The van der Waals surface area contributed by atoms with Gasteiger partial charge in [-0.1, -0.05) is 36.4 Å². The number of fused-ring (bicyclic) bond motifs is 2. The minimum atomic E-state index is 0.488. The zero-order chi connectivity index (χ0) is 16.5. The van der Waals surface area contributed by atoms with Gasteiger partial charge < -0.3 is 4.90 Å². The number of thioether (sulfide) groups is 2. The highest BCUT2D eigenvalue weighted by Crippen LogP contribution is 2.42. The van der Waals surface area contributed by atoms with Crippen LogP contribution in [0.5, 0.6) is 0 Å². The fourth-order valence-electron chi connectivity index (χ4n) is 3.62. The first-order valence-electron chi connectivity index (χ1n) is 8.58. The highest BCUT2D eigenvalue weighted by atomic mass is 32.2. The lowest BCUT2D eigenvalue weighted by Gasteiger charge is -2.41. The second-order valence-corrected chi connectivity index (χ2v) is 8.72. The maximum Gasteiger partial charge on any atom is 0.0536 e. The topological polar surface area (TPSA) is 6.48 Å². The molecule has 1 aliphatic carbocycles. The van der Waals surface area contributed by atoms with Crippen LogP contribution >= 0.6 is 23.5 Å². The fourth-order valence-corrected chi connectivity index (χ4v) is 5.53. The van der Waals surface area contributed by atoms with E-state index in [2.05, 4.69) is 71.7 Å². The normalized spacial score (nSPS) is 27.8. The fraction of sp³-hybridized carbons (Fsp3) is 0.400. The Labute approximate surface area is 153 Å². The van der Waals surface area contributed by atoms with E-state index in [1.54, 1.807) is 0 Å². The molecule has 1 saturated heterocycles. The number of rotatable bonds is 2. The second kappa shape index (κ2) is 7.12. The van der Waals surface area contributed by atoms with E-state index in [9.17, 15) is 0 Å². The summed E-state index contributed by atoms with van der Waals surface area (Å²) in [6, 6.07) is 9.27. The minimum Gasteiger partial charge on any atom is -0.304 e. The molecule has 0 spiro atoms. The van der Waals surface area contributed by atoms with Gasteiger partial charge in [-0.15, -0.1) is 23.5 Å². The number of likely N-dealkylation sites (N-methyl/N-ethyl adjacent to an activating group) is 1. The Morgan fingerprint density at radius 1 is 1.08 bits per heavy atom. The smallest absolute Gasteiger partial charge is 0.0536 e. The molecule has 3 aliphatic rings. The van der Waals surface area contributed by atoms with Crippen LogP contribution in [0, 0.1) is 0 Å². The predicted octanol–water partition coefficient (Wildman–Crippen LogP) is 3.98. The van der Waals surface area contributed by atoms with E-state index in [-0.39, 0.29) is 0 Å². The predicted molar refractivity (Wildman–Crippen MR) is 108 cm³/mol. The molecule has 4 heteroatoms. The first kappa shape index (κ1) is 16.5. The van der Waals surface area contributed by atoms with Crippen LogP contribution in [0.25, 0.3) is 6.08 Å². The van der Waals surface area contributed by atoms with Crippen molar-refractivity contribution in [3.63, 3.8) is 0 Å². The van der Waals surface area contributed by atoms with Crippen molar-refractivity contribution < 1.29 is 0 Å². The average Bonchev–Trinajstić information content (AvgIpc) is 2.81. The Morgan fingerprint density at radius 3 is 2.67 bits per heavy atom. The van der Waals surface area contributed by atoms with E-state index in [1.165, 1.54) is 34.0 Å². The van der Waals surface area contributed by atoms with E-state index >= 15 is 0 Å². The summed E-state index contributed by atoms with van der Waals surface area (Å²) < 4.78 is 0. The van der Waals surface area contributed by atoms with Crippen LogP contribution in [0.1, 0.15) is 5.56 Å². The van der Waals surface area contributed by atoms with Crippen molar-refractivity contribution >= 4 is 29.6 Å². The van der Waals surface area contributed by atoms with Crippen LogP contribution in [0.15, 0.2) is 57.9 Å². The average molecular weight is 357 g/mol. The van der Waals surface area contributed by atoms with Crippen molar-refractivity contribution in [3.8, 4) is 0 Å². The molecule has 2 unspecified atom stereocenters. The molecule has 1 aromatic rings. The van der Waals surface area contributed by atoms with Gasteiger partial charge in [-0.3, -0.25) is 4.90 Å². The molecular formula is C20H24N2S2. The molecule has 1 aromatic carbocycles. The molecule has 126 valence electrons. The van der Waals surface area contributed by atoms with Crippen molar-refractivity contribution in [2.24, 2.45) is 0 Å². The quantitative estimate of drug-likeness (QED) is 0.790. The number of piperazine rings is 1. The summed E-state index contributed by atoms with van der Waals surface area (Å²) in [5.41, 5.74) is 2.81. The molecule has 2 nitrogen and oxygen atoms in total. The Morgan fingerprint density at radius 2 is 1.88 bits per heavy atom. The molecule has 24 heavy (non-hydrogen) atoms. The van der Waals surface area contributed by atoms with Gasteiger partial charge in [0, 0.05) is 42.0 Å². The molecule has 2 atom stereocenters. The van der Waals surface area contributed by atoms with Crippen LogP contribution in [0.3, 0.4) is 0 Å². The monoisotopic (exact) mass is 356 g/mol. The van der Waals surface area contributed by atoms with Crippen molar-refractivity contribution in [3.05, 3.63) is 58.5 Å². The zero-order valence-electron chi connectivity index (χ0n) is 14.3. The van der Waals surface area contributed by atoms with E-state index < -0.39 is 0 Å². The lowest BCUT2D eigenvalue weighted by Crippen LogP contribution is -2.52. The van der Waals surface area contributed by atoms with E-state index in [0.717, 1.165) is 13.1 Å². The van der Waals surface area contributed by atoms with Gasteiger partial charge in [-0.05, 0) is 36.6 Å². The molecule has 4 rings (SSSR count). The summed E-state index contributed by atoms with van der Waals surface area (Å²) in [4.78, 5) is 7.93. The summed E-state index contributed by atoms with van der Waals surface area (Å²) in [6.07, 6.45) is 11.7. The SMILES string of the molecule is CSC1=CC(N2CCN(C)CC2)C2Sc3ccccc3C=CC2=C1. The van der Waals surface area contributed by atoms with E-state index in [1.807, 2.05) is 23.5 Å². The number of allylic oxidation sites excluding steroid dienone is 2. The Hall–Kier alpha value is -0.940. The van der Waals surface area contributed by atoms with Gasteiger partial charge in [-0.25, -0.2) is 0 Å². The van der Waals surface area contributed by atoms with E-state index in [0.29, 0.717) is 11.3 Å². The molecule has 0 radical (unpaired) electrons. The standard InChI is InChI=1S/C20H24N2S2/c1-21-9-11-22(12-10-21)18-14-17(23-2)13-16-8-7-15-5-3-4-6-19(15)24-20(16)18/h3-8,13-14,18,20H,9-12H2,1-2H3. The van der Waals surface area contributed by atoms with Gasteiger partial charge in [0.05, 0.1) is 5.25 Å². The highest BCUT2D eigenvalue weighted by Gasteiger charge is 2.34. The number of nitrogens with zero attached hydrogens (tertiary/aromatic N) is 2. The molecule has 2 heterocycles. The Kier molecular flexibility index (Phi) is 4.90. The summed E-state index contributed by atoms with van der Waals surface area (Å²) in [6.45, 7) is 4.66. The van der Waals surface area contributed by atoms with Gasteiger partial charge in [0.25, 0.3) is 0 Å². The first-order chi connectivity index (χ1) is 11.7. The maximum absolute atomic E-state index is 2.68. The third-order valence-electron chi connectivity index (χ3n) is 5.11. The van der Waals surface area contributed by atoms with Crippen molar-refractivity contribution in [2.45, 2.75) is 16.2 Å². The third-order valence-corrected chi connectivity index (χ3v) is 7.26. The van der Waals surface area contributed by atoms with Gasteiger partial charge in [-0.2, -0.15) is 0 Å². The molecular weight excluding hydrogens is 332 g/mol. The van der Waals surface area contributed by atoms with Crippen LogP contribution in [0.2, 0.25) is 0 Å². The van der Waals surface area contributed by atoms with Crippen molar-refractivity contribution in [2.75, 3.05) is 39.5 Å². The summed E-state index contributed by atoms with van der Waals surface area (Å²) >= 11 is 3.90. The van der Waals surface area contributed by atoms with Crippen LogP contribution < -0.4 is 0 Å². The number of hydrogen-bond donors (Lipinski definition) is 0. The first-order valence-corrected chi connectivity index (χ1v) is 10.7. The van der Waals surface area contributed by atoms with Crippen molar-refractivity contribution in [1.82, 2.24) is 9.80 Å². The van der Waals surface area contributed by atoms with Crippen LogP contribution in [0.4, 0.5) is 0 Å². The lowest BCUT2D eigenvalue weighted by molar-refractivity contribution is 0.131. The van der Waals surface area contributed by atoms with E-state index in [4.69, 9.17) is 0 Å². The molecule has 1 fully saturated rings. The van der Waals surface area contributed by atoms with Crippen molar-refractivity contribution in [1.29, 1.82) is 0 Å². The Balaban J connectivity index is 1.68. The molecule has 0 saturated carbocycles. The van der Waals surface area contributed by atoms with Gasteiger partial charge >= 0.3 is 0 Å². The lowest BCUT2D eigenvalue weighted by atomic mass is 9.97. The molecule has 0 bridgehead atoms. The van der Waals surface area contributed by atoms with Crippen LogP contribution in [-0.2, 0) is 0 Å². The summed E-state index contributed by atoms with van der Waals surface area (Å²) in [7, 11) is 2.23. The highest BCUT2D eigenvalue weighted by molar-refractivity contribution is 8.02. The zero-order valence-corrected chi connectivity index (χ0v) is 15.9.